The van der Waals surface area contributed by atoms with E-state index in [9.17, 15) is 33.7 Å². The molecule has 0 aliphatic carbocycles. The van der Waals surface area contributed by atoms with Crippen molar-refractivity contribution in [3.63, 3.8) is 0 Å². The highest BCUT2D eigenvalue weighted by Crippen LogP contribution is 2.47. The number of nitrogens with zero attached hydrogens (tertiary/aromatic N) is 1. The van der Waals surface area contributed by atoms with Gasteiger partial charge in [0.15, 0.2) is 12.4 Å². The zero-order chi connectivity index (χ0) is 29.3. The third-order valence-electron chi connectivity index (χ3n) is 7.54. The monoisotopic (exact) mass is 565 g/mol. The van der Waals surface area contributed by atoms with Crippen LogP contribution in [0.5, 0.6) is 5.75 Å². The van der Waals surface area contributed by atoms with Crippen molar-refractivity contribution in [1.82, 2.24) is 0 Å². The Bertz CT molecular complexity index is 1410. The quantitative estimate of drug-likeness (QED) is 0.246. The molecule has 2 heterocycles. The third kappa shape index (κ3) is 6.00. The number of phenolic OH excluding ortho intramolecular Hbond substituents is 1. The Morgan fingerprint density at radius 2 is 1.63 bits per heavy atom. The summed E-state index contributed by atoms with van der Waals surface area (Å²) in [5.41, 5.74) is 1.91. The highest BCUT2D eigenvalue weighted by atomic mass is 19.1. The smallest absolute Gasteiger partial charge is 0.337 e. The maximum atomic E-state index is 13.7. The van der Waals surface area contributed by atoms with E-state index in [1.54, 1.807) is 17.0 Å². The minimum absolute atomic E-state index is 0.0216. The SMILES string of the molecule is C=C1[C@@H](C(=O)O)O[C@@H](O[C@@H](CCC2C(=O)N(c3ccc(F)cc3)C2c2ccc(O)cc2)c2ccc(F)cc2)C[C@H]1O. The zero-order valence-electron chi connectivity index (χ0n) is 21.9. The van der Waals surface area contributed by atoms with Gasteiger partial charge in [0.2, 0.25) is 5.91 Å². The van der Waals surface area contributed by atoms with E-state index in [1.807, 2.05) is 0 Å². The van der Waals surface area contributed by atoms with Crippen LogP contribution in [0.4, 0.5) is 14.5 Å². The largest absolute Gasteiger partial charge is 0.508 e. The summed E-state index contributed by atoms with van der Waals surface area (Å²) in [6, 6.07) is 17.3. The topological polar surface area (TPSA) is 117 Å². The molecule has 3 aromatic carbocycles. The van der Waals surface area contributed by atoms with E-state index in [2.05, 4.69) is 6.58 Å². The Morgan fingerprint density at radius 1 is 1.02 bits per heavy atom. The number of ether oxygens (including phenoxy) is 2. The lowest BCUT2D eigenvalue weighted by Gasteiger charge is -2.48. The first-order valence-electron chi connectivity index (χ1n) is 13.2. The number of rotatable bonds is 9. The average Bonchev–Trinajstić information content (AvgIpc) is 2.95. The fourth-order valence-electron chi connectivity index (χ4n) is 5.38. The summed E-state index contributed by atoms with van der Waals surface area (Å²) in [4.78, 5) is 26.6. The molecule has 0 radical (unpaired) electrons. The van der Waals surface area contributed by atoms with Gasteiger partial charge < -0.3 is 29.7 Å². The van der Waals surface area contributed by atoms with Crippen molar-refractivity contribution in [3.8, 4) is 5.75 Å². The number of halogens is 2. The van der Waals surface area contributed by atoms with Crippen molar-refractivity contribution in [3.05, 3.63) is 108 Å². The molecule has 41 heavy (non-hydrogen) atoms. The number of aliphatic carboxylic acids is 1. The van der Waals surface area contributed by atoms with E-state index in [4.69, 9.17) is 9.47 Å². The maximum absolute atomic E-state index is 13.7. The van der Waals surface area contributed by atoms with E-state index in [-0.39, 0.29) is 30.1 Å². The van der Waals surface area contributed by atoms with E-state index >= 15 is 0 Å². The number of benzene rings is 3. The number of anilines is 1. The minimum Gasteiger partial charge on any atom is -0.508 e. The van der Waals surface area contributed by atoms with Gasteiger partial charge >= 0.3 is 5.97 Å². The van der Waals surface area contributed by atoms with Crippen molar-refractivity contribution in [2.75, 3.05) is 4.90 Å². The fraction of sp³-hybridized carbons (Fsp3) is 0.290. The number of hydrogen-bond acceptors (Lipinski definition) is 6. The number of aliphatic hydroxyl groups excluding tert-OH is 1. The summed E-state index contributed by atoms with van der Waals surface area (Å²) in [5, 5.41) is 29.6. The lowest BCUT2D eigenvalue weighted by atomic mass is 9.78. The van der Waals surface area contributed by atoms with Crippen LogP contribution in [0.15, 0.2) is 84.9 Å². The van der Waals surface area contributed by atoms with Crippen LogP contribution in [0.3, 0.4) is 0 Å². The molecular formula is C31H29F2NO7. The first-order chi connectivity index (χ1) is 19.6. The second kappa shape index (κ2) is 11.8. The van der Waals surface area contributed by atoms with E-state index < -0.39 is 54.2 Å². The molecule has 214 valence electrons. The van der Waals surface area contributed by atoms with Crippen molar-refractivity contribution in [1.29, 1.82) is 0 Å². The normalized spacial score (nSPS) is 25.0. The second-order valence-corrected chi connectivity index (χ2v) is 10.2. The Labute approximate surface area is 235 Å². The van der Waals surface area contributed by atoms with Crippen LogP contribution in [0, 0.1) is 17.6 Å². The van der Waals surface area contributed by atoms with Crippen LogP contribution in [-0.2, 0) is 19.1 Å². The van der Waals surface area contributed by atoms with Gasteiger partial charge in [-0.25, -0.2) is 13.6 Å². The molecule has 2 aliphatic heterocycles. The number of phenols is 1. The van der Waals surface area contributed by atoms with Crippen LogP contribution >= 0.6 is 0 Å². The van der Waals surface area contributed by atoms with Crippen molar-refractivity contribution in [2.45, 2.75) is 49.9 Å². The number of carbonyl (C=O) groups excluding carboxylic acids is 1. The van der Waals surface area contributed by atoms with E-state index in [1.165, 1.54) is 60.7 Å². The third-order valence-corrected chi connectivity index (χ3v) is 7.54. The molecule has 1 amide bonds. The maximum Gasteiger partial charge on any atom is 0.337 e. The number of hydrogen-bond donors (Lipinski definition) is 3. The molecule has 5 rings (SSSR count). The van der Waals surface area contributed by atoms with Gasteiger partial charge in [-0.15, -0.1) is 0 Å². The minimum atomic E-state index is -1.45. The molecule has 0 aromatic heterocycles. The summed E-state index contributed by atoms with van der Waals surface area (Å²) in [5.74, 6) is -2.79. The molecule has 0 bridgehead atoms. The molecular weight excluding hydrogens is 536 g/mol. The summed E-state index contributed by atoms with van der Waals surface area (Å²) in [7, 11) is 0. The number of carbonyl (C=O) groups is 2. The van der Waals surface area contributed by atoms with Crippen molar-refractivity contribution >= 4 is 17.6 Å². The van der Waals surface area contributed by atoms with Gasteiger partial charge in [-0.05, 0) is 78.1 Å². The van der Waals surface area contributed by atoms with Crippen LogP contribution in [0.1, 0.15) is 42.5 Å². The predicted octanol–water partition coefficient (Wildman–Crippen LogP) is 5.03. The van der Waals surface area contributed by atoms with Crippen LogP contribution < -0.4 is 4.90 Å². The van der Waals surface area contributed by atoms with Gasteiger partial charge in [-0.2, -0.15) is 0 Å². The molecule has 0 spiro atoms. The Balaban J connectivity index is 1.38. The van der Waals surface area contributed by atoms with Gasteiger partial charge in [0, 0.05) is 12.1 Å². The van der Waals surface area contributed by atoms with E-state index in [0.717, 1.165) is 5.56 Å². The fourth-order valence-corrected chi connectivity index (χ4v) is 5.38. The predicted molar refractivity (Wildman–Crippen MR) is 144 cm³/mol. The van der Waals surface area contributed by atoms with Gasteiger partial charge in [0.1, 0.15) is 17.4 Å². The number of aliphatic hydroxyl groups is 1. The standard InChI is InChI=1S/C31H29F2NO7/c1-17-25(36)16-27(41-29(17)31(38)39)40-26(18-2-6-20(32)7-3-18)15-14-24-28(19-4-12-23(35)13-5-19)34(30(24)37)22-10-8-21(33)9-11-22/h2-13,24-29,35-36H,1,14-16H2,(H,38,39)/t24?,25-,26+,27-,28?,29+/m1/s1. The van der Waals surface area contributed by atoms with Gasteiger partial charge in [0.05, 0.1) is 24.2 Å². The molecule has 2 aliphatic rings. The summed E-state index contributed by atoms with van der Waals surface area (Å²) in [6.07, 6.45) is -3.85. The zero-order valence-corrected chi connectivity index (χ0v) is 21.9. The Kier molecular flexibility index (Phi) is 8.16. The summed E-state index contributed by atoms with van der Waals surface area (Å²) in [6.45, 7) is 3.61. The molecule has 3 N–H and O–H groups in total. The van der Waals surface area contributed by atoms with Gasteiger partial charge in [-0.1, -0.05) is 30.8 Å². The van der Waals surface area contributed by atoms with E-state index in [0.29, 0.717) is 17.7 Å². The molecule has 8 nitrogen and oxygen atoms in total. The average molecular weight is 566 g/mol. The molecule has 3 aromatic rings. The lowest BCUT2D eigenvalue weighted by Crippen LogP contribution is -2.55. The van der Waals surface area contributed by atoms with Crippen LogP contribution in [-0.4, -0.2) is 45.7 Å². The molecule has 6 atom stereocenters. The first-order valence-corrected chi connectivity index (χ1v) is 13.2. The highest BCUT2D eigenvalue weighted by Gasteiger charge is 2.48. The summed E-state index contributed by atoms with van der Waals surface area (Å²) < 4.78 is 39.0. The second-order valence-electron chi connectivity index (χ2n) is 10.2. The van der Waals surface area contributed by atoms with Crippen molar-refractivity contribution in [2.24, 2.45) is 5.92 Å². The van der Waals surface area contributed by atoms with Gasteiger partial charge in [0.25, 0.3) is 0 Å². The Morgan fingerprint density at radius 3 is 2.24 bits per heavy atom. The molecule has 2 fully saturated rings. The highest BCUT2D eigenvalue weighted by molar-refractivity contribution is 6.03. The van der Waals surface area contributed by atoms with Crippen molar-refractivity contribution < 1.29 is 43.2 Å². The van der Waals surface area contributed by atoms with Crippen LogP contribution in [0.2, 0.25) is 0 Å². The Hall–Kier alpha value is -4.12. The van der Waals surface area contributed by atoms with Crippen LogP contribution in [0.25, 0.3) is 0 Å². The summed E-state index contributed by atoms with van der Waals surface area (Å²) >= 11 is 0. The first kappa shape index (κ1) is 28.4. The number of carboxylic acid groups (broad SMARTS) is 1. The molecule has 2 saturated heterocycles. The number of aromatic hydroxyl groups is 1. The lowest BCUT2D eigenvalue weighted by molar-refractivity contribution is -0.224. The number of amides is 1. The van der Waals surface area contributed by atoms with Gasteiger partial charge in [-0.3, -0.25) is 4.79 Å². The molecule has 10 heteroatoms. The number of carboxylic acids is 1. The molecule has 0 saturated carbocycles. The molecule has 2 unspecified atom stereocenters. The number of β-lactam (4-membered cyclic amide) rings is 1.